The number of fused-ring (bicyclic) bond motifs is 1. The molecule has 5 atom stereocenters. The molecule has 3 heterocycles. The number of para-hydroxylation sites is 2. The fraction of sp³-hybridized carbons (Fsp3) is 0.458. The van der Waals surface area contributed by atoms with E-state index in [-0.39, 0.29) is 30.9 Å². The number of nitrogens with one attached hydrogen (secondary N) is 1. The zero-order valence-electron chi connectivity index (χ0n) is 19.2. The first-order valence-corrected chi connectivity index (χ1v) is 11.4. The third-order valence-electron chi connectivity index (χ3n) is 6.58. The van der Waals surface area contributed by atoms with Crippen LogP contribution in [-0.2, 0) is 28.7 Å². The number of methoxy groups -OCH3 is 1. The maximum Gasteiger partial charge on any atom is 0.310 e. The molecule has 11 nitrogen and oxygen atoms in total. The molecular weight excluding hydrogens is 458 g/mol. The van der Waals surface area contributed by atoms with Crippen molar-refractivity contribution in [2.45, 2.75) is 62.6 Å². The fourth-order valence-electron chi connectivity index (χ4n) is 4.94. The number of hydrogen-bond acceptors (Lipinski definition) is 8. The number of anilines is 1. The van der Waals surface area contributed by atoms with Crippen molar-refractivity contribution >= 4 is 35.7 Å². The number of carbonyl (C=O) groups excluding carboxylic acids is 5. The van der Waals surface area contributed by atoms with Crippen LogP contribution in [-0.4, -0.2) is 77.6 Å². The molecule has 1 aromatic carbocycles. The van der Waals surface area contributed by atoms with E-state index in [0.717, 1.165) is 4.90 Å². The van der Waals surface area contributed by atoms with Gasteiger partial charge in [0.15, 0.2) is 0 Å². The van der Waals surface area contributed by atoms with E-state index >= 15 is 0 Å². The molecule has 0 aromatic heterocycles. The first-order chi connectivity index (χ1) is 16.8. The van der Waals surface area contributed by atoms with E-state index in [1.165, 1.54) is 12.0 Å². The molecule has 3 aliphatic heterocycles. The quantitative estimate of drug-likeness (QED) is 0.249. The molecule has 0 saturated carbocycles. The number of cyclic esters (lactones) is 1. The average Bonchev–Trinajstić information content (AvgIpc) is 3.40. The van der Waals surface area contributed by atoms with Crippen LogP contribution in [0.15, 0.2) is 36.4 Å². The molecule has 2 unspecified atom stereocenters. The fourth-order valence-corrected chi connectivity index (χ4v) is 4.94. The minimum absolute atomic E-state index is 0.137. The van der Waals surface area contributed by atoms with Gasteiger partial charge in [-0.1, -0.05) is 24.3 Å². The Kier molecular flexibility index (Phi) is 7.15. The summed E-state index contributed by atoms with van der Waals surface area (Å²) >= 11 is 0. The molecule has 35 heavy (non-hydrogen) atoms. The minimum Gasteiger partial charge on any atom is -0.495 e. The maximum atomic E-state index is 13.9. The molecule has 11 heteroatoms. The van der Waals surface area contributed by atoms with Crippen LogP contribution < -0.4 is 15.0 Å². The Hall–Kier alpha value is -3.73. The Bertz CT molecular complexity index is 1060. The minimum atomic E-state index is -1.45. The monoisotopic (exact) mass is 485 g/mol. The van der Waals surface area contributed by atoms with Crippen molar-refractivity contribution in [3.63, 3.8) is 0 Å². The maximum absolute atomic E-state index is 13.9. The van der Waals surface area contributed by atoms with Gasteiger partial charge in [-0.05, 0) is 37.8 Å². The Morgan fingerprint density at radius 1 is 1.20 bits per heavy atom. The van der Waals surface area contributed by atoms with Gasteiger partial charge in [-0.25, -0.2) is 0 Å². The van der Waals surface area contributed by atoms with Crippen LogP contribution in [0.2, 0.25) is 0 Å². The predicted molar refractivity (Wildman–Crippen MR) is 121 cm³/mol. The molecule has 2 saturated heterocycles. The third kappa shape index (κ3) is 4.76. The van der Waals surface area contributed by atoms with Gasteiger partial charge in [-0.3, -0.25) is 28.9 Å². The normalized spacial score (nSPS) is 27.9. The molecular formula is C24H27N3O8. The van der Waals surface area contributed by atoms with Crippen LogP contribution in [0.25, 0.3) is 0 Å². The first kappa shape index (κ1) is 24.4. The number of aliphatic hydroxyl groups excluding tert-OH is 1. The van der Waals surface area contributed by atoms with Crippen LogP contribution in [0, 0.1) is 0 Å². The van der Waals surface area contributed by atoms with Crippen molar-refractivity contribution in [1.82, 2.24) is 10.2 Å². The zero-order chi connectivity index (χ0) is 25.1. The lowest BCUT2D eigenvalue weighted by Gasteiger charge is -2.38. The zero-order valence-corrected chi connectivity index (χ0v) is 19.2. The molecule has 4 rings (SSSR count). The van der Waals surface area contributed by atoms with Gasteiger partial charge in [0.25, 0.3) is 5.91 Å². The summed E-state index contributed by atoms with van der Waals surface area (Å²) in [7, 11) is 1.42. The molecule has 3 aliphatic rings. The lowest BCUT2D eigenvalue weighted by atomic mass is 10.0. The number of amides is 3. The number of nitrogens with zero attached hydrogens (tertiary/aromatic N) is 2. The number of esters is 1. The predicted octanol–water partition coefficient (Wildman–Crippen LogP) is 0.0554. The van der Waals surface area contributed by atoms with E-state index in [1.54, 1.807) is 30.3 Å². The number of ether oxygens (including phenoxy) is 2. The number of rotatable bonds is 6. The van der Waals surface area contributed by atoms with Gasteiger partial charge in [-0.15, -0.1) is 0 Å². The lowest BCUT2D eigenvalue weighted by Crippen LogP contribution is -2.58. The van der Waals surface area contributed by atoms with E-state index in [9.17, 15) is 29.1 Å². The molecule has 0 bridgehead atoms. The van der Waals surface area contributed by atoms with Crippen molar-refractivity contribution < 1.29 is 38.6 Å². The average molecular weight is 485 g/mol. The van der Waals surface area contributed by atoms with Crippen LogP contribution in [0.1, 0.15) is 32.1 Å². The SMILES string of the molecule is COc1ccccc1N(C(=O)C=O)[C@H]1CC=CC[C@@H]2CC[C@@H](C(=O)NC3CC(=O)OC3O)N2C1=O. The Balaban J connectivity index is 1.65. The van der Waals surface area contributed by atoms with Crippen LogP contribution in [0.3, 0.4) is 0 Å². The van der Waals surface area contributed by atoms with E-state index in [1.807, 2.05) is 6.08 Å². The van der Waals surface area contributed by atoms with Gasteiger partial charge >= 0.3 is 5.97 Å². The van der Waals surface area contributed by atoms with Crippen LogP contribution >= 0.6 is 0 Å². The third-order valence-corrected chi connectivity index (χ3v) is 6.58. The van der Waals surface area contributed by atoms with Crippen molar-refractivity contribution in [3.05, 3.63) is 36.4 Å². The highest BCUT2D eigenvalue weighted by Crippen LogP contribution is 2.35. The topological polar surface area (TPSA) is 143 Å². The van der Waals surface area contributed by atoms with E-state index in [4.69, 9.17) is 4.74 Å². The summed E-state index contributed by atoms with van der Waals surface area (Å²) in [4.78, 5) is 65.4. The highest BCUT2D eigenvalue weighted by atomic mass is 16.6. The van der Waals surface area contributed by atoms with Crippen molar-refractivity contribution in [2.75, 3.05) is 12.0 Å². The van der Waals surface area contributed by atoms with Crippen molar-refractivity contribution in [3.8, 4) is 5.75 Å². The standard InChI is InChI=1S/C24H27N3O8/c1-34-19-9-5-4-7-16(19)27(20(29)13-28)18-8-3-2-6-14-10-11-17(26(14)23(18)32)22(31)25-15-12-21(30)35-24(15)33/h2-5,7,9,13-15,17-18,24,33H,6,8,10-12H2,1H3,(H,25,31)/t14-,15?,17+,18+,24?/m1/s1. The lowest BCUT2D eigenvalue weighted by molar-refractivity contribution is -0.155. The van der Waals surface area contributed by atoms with Gasteiger partial charge < -0.3 is 24.8 Å². The summed E-state index contributed by atoms with van der Waals surface area (Å²) < 4.78 is 10.0. The van der Waals surface area contributed by atoms with Gasteiger partial charge in [0.2, 0.25) is 24.4 Å². The molecule has 0 aliphatic carbocycles. The molecule has 1 aromatic rings. The number of aldehydes is 1. The second-order valence-corrected chi connectivity index (χ2v) is 8.65. The van der Waals surface area contributed by atoms with Crippen molar-refractivity contribution in [1.29, 1.82) is 0 Å². The summed E-state index contributed by atoms with van der Waals surface area (Å²) in [6.45, 7) is 0. The molecule has 0 spiro atoms. The summed E-state index contributed by atoms with van der Waals surface area (Å²) in [5.41, 5.74) is 0.265. The number of carbonyl (C=O) groups is 5. The van der Waals surface area contributed by atoms with Crippen LogP contribution in [0.5, 0.6) is 5.75 Å². The first-order valence-electron chi connectivity index (χ1n) is 11.4. The highest BCUT2D eigenvalue weighted by molar-refractivity contribution is 6.32. The largest absolute Gasteiger partial charge is 0.495 e. The number of hydrogen-bond donors (Lipinski definition) is 2. The summed E-state index contributed by atoms with van der Waals surface area (Å²) in [6.07, 6.45) is 3.82. The smallest absolute Gasteiger partial charge is 0.310 e. The molecule has 3 amide bonds. The summed E-state index contributed by atoms with van der Waals surface area (Å²) in [6, 6.07) is 3.43. The highest BCUT2D eigenvalue weighted by Gasteiger charge is 2.46. The Morgan fingerprint density at radius 2 is 1.94 bits per heavy atom. The molecule has 2 fully saturated rings. The van der Waals surface area contributed by atoms with Gasteiger partial charge in [0.05, 0.1) is 19.2 Å². The van der Waals surface area contributed by atoms with E-state index < -0.39 is 48.1 Å². The number of aliphatic hydroxyl groups is 1. The van der Waals surface area contributed by atoms with Crippen LogP contribution in [0.4, 0.5) is 5.69 Å². The second kappa shape index (κ2) is 10.3. The number of benzene rings is 1. The van der Waals surface area contributed by atoms with Gasteiger partial charge in [-0.2, -0.15) is 0 Å². The Labute approximate surface area is 201 Å². The van der Waals surface area contributed by atoms with Crippen molar-refractivity contribution in [2.24, 2.45) is 0 Å². The van der Waals surface area contributed by atoms with E-state index in [0.29, 0.717) is 25.0 Å². The molecule has 186 valence electrons. The summed E-state index contributed by atoms with van der Waals surface area (Å²) in [5.74, 6) is -2.22. The summed E-state index contributed by atoms with van der Waals surface area (Å²) in [5, 5.41) is 12.5. The van der Waals surface area contributed by atoms with E-state index in [2.05, 4.69) is 10.1 Å². The second-order valence-electron chi connectivity index (χ2n) is 8.65. The van der Waals surface area contributed by atoms with Gasteiger partial charge in [0.1, 0.15) is 23.9 Å². The molecule has 2 N–H and O–H groups in total. The molecule has 0 radical (unpaired) electrons. The van der Waals surface area contributed by atoms with Gasteiger partial charge in [0, 0.05) is 6.04 Å². The Morgan fingerprint density at radius 3 is 2.63 bits per heavy atom.